The van der Waals surface area contributed by atoms with Crippen molar-refractivity contribution in [2.75, 3.05) is 13.1 Å². The van der Waals surface area contributed by atoms with E-state index in [0.717, 1.165) is 13.0 Å². The first kappa shape index (κ1) is 10.2. The highest BCUT2D eigenvalue weighted by atomic mass is 16.2. The molecule has 82 valence electrons. The molecular weight excluding hydrogens is 192 g/mol. The number of hydrogen-bond acceptors (Lipinski definition) is 2. The van der Waals surface area contributed by atoms with E-state index in [-0.39, 0.29) is 23.8 Å². The summed E-state index contributed by atoms with van der Waals surface area (Å²) in [6.07, 6.45) is 3.86. The van der Waals surface area contributed by atoms with Gasteiger partial charge in [-0.25, -0.2) is 0 Å². The second-order valence-corrected chi connectivity index (χ2v) is 4.30. The Hall–Kier alpha value is -1.32. The normalized spacial score (nSPS) is 30.8. The summed E-state index contributed by atoms with van der Waals surface area (Å²) in [4.78, 5) is 24.4. The van der Waals surface area contributed by atoms with Crippen LogP contribution in [0.5, 0.6) is 0 Å². The number of likely N-dealkylation sites (tertiary alicyclic amines) is 1. The summed E-state index contributed by atoms with van der Waals surface area (Å²) < 4.78 is 0. The Morgan fingerprint density at radius 3 is 2.87 bits per heavy atom. The zero-order chi connectivity index (χ0) is 10.8. The summed E-state index contributed by atoms with van der Waals surface area (Å²) in [6, 6.07) is 0.157. The Labute approximate surface area is 89.3 Å². The molecule has 0 aromatic heterocycles. The highest BCUT2D eigenvalue weighted by Gasteiger charge is 2.31. The second kappa shape index (κ2) is 4.04. The molecule has 0 radical (unpaired) electrons. The summed E-state index contributed by atoms with van der Waals surface area (Å²) in [5.41, 5.74) is 0. The molecule has 2 aliphatic rings. The lowest BCUT2D eigenvalue weighted by Gasteiger charge is -2.20. The van der Waals surface area contributed by atoms with Crippen molar-refractivity contribution in [2.45, 2.75) is 25.3 Å². The monoisotopic (exact) mass is 208 g/mol. The first-order valence-corrected chi connectivity index (χ1v) is 5.38. The number of carbonyl (C=O) groups is 2. The smallest absolute Gasteiger partial charge is 0.223 e. The lowest BCUT2D eigenvalue weighted by molar-refractivity contribution is -0.128. The van der Waals surface area contributed by atoms with Crippen LogP contribution in [-0.4, -0.2) is 35.8 Å². The fraction of sp³-hybridized carbons (Fsp3) is 0.636. The fourth-order valence-corrected chi connectivity index (χ4v) is 2.22. The number of amides is 2. The molecule has 0 aromatic rings. The molecular formula is C11H16N2O2. The summed E-state index contributed by atoms with van der Waals surface area (Å²) in [5.74, 6) is 0.572. The van der Waals surface area contributed by atoms with Crippen LogP contribution in [0.4, 0.5) is 0 Å². The molecule has 2 rings (SSSR count). The maximum Gasteiger partial charge on any atom is 0.223 e. The first-order valence-electron chi connectivity index (χ1n) is 5.38. The van der Waals surface area contributed by atoms with Crippen LogP contribution in [0.3, 0.4) is 0 Å². The molecule has 2 heterocycles. The lowest BCUT2D eigenvalue weighted by atomic mass is 10.1. The number of carbonyl (C=O) groups excluding carboxylic acids is 2. The molecule has 2 saturated heterocycles. The average Bonchev–Trinajstić information content (AvgIpc) is 2.75. The predicted octanol–water partition coefficient (Wildman–Crippen LogP) is 0.299. The van der Waals surface area contributed by atoms with Crippen LogP contribution in [0.25, 0.3) is 0 Å². The van der Waals surface area contributed by atoms with E-state index in [2.05, 4.69) is 11.9 Å². The van der Waals surface area contributed by atoms with Gasteiger partial charge in [0.05, 0.1) is 0 Å². The third-order valence-electron chi connectivity index (χ3n) is 3.10. The molecule has 2 amide bonds. The van der Waals surface area contributed by atoms with Crippen molar-refractivity contribution in [1.29, 1.82) is 0 Å². The van der Waals surface area contributed by atoms with Gasteiger partial charge in [0.2, 0.25) is 11.8 Å². The number of hydrogen-bond donors (Lipinski definition) is 1. The second-order valence-electron chi connectivity index (χ2n) is 4.30. The number of nitrogens with zero attached hydrogens (tertiary/aromatic N) is 1. The van der Waals surface area contributed by atoms with Gasteiger partial charge in [-0.2, -0.15) is 0 Å². The molecule has 0 saturated carbocycles. The third kappa shape index (κ3) is 2.19. The minimum atomic E-state index is 0.104. The predicted molar refractivity (Wildman–Crippen MR) is 56.0 cm³/mol. The van der Waals surface area contributed by atoms with E-state index in [9.17, 15) is 9.59 Å². The fourth-order valence-electron chi connectivity index (χ4n) is 2.22. The van der Waals surface area contributed by atoms with Gasteiger partial charge in [0.15, 0.2) is 0 Å². The Morgan fingerprint density at radius 1 is 1.53 bits per heavy atom. The summed E-state index contributed by atoms with van der Waals surface area (Å²) in [6.45, 7) is 5.13. The molecule has 0 aliphatic carbocycles. The average molecular weight is 208 g/mol. The van der Waals surface area contributed by atoms with Crippen molar-refractivity contribution in [3.05, 3.63) is 12.7 Å². The van der Waals surface area contributed by atoms with Gasteiger partial charge in [0, 0.05) is 37.9 Å². The largest absolute Gasteiger partial charge is 0.352 e. The summed E-state index contributed by atoms with van der Waals surface area (Å²) in [5, 5.41) is 2.88. The van der Waals surface area contributed by atoms with Crippen molar-refractivity contribution < 1.29 is 9.59 Å². The van der Waals surface area contributed by atoms with Crippen LogP contribution in [0.15, 0.2) is 12.7 Å². The summed E-state index contributed by atoms with van der Waals surface area (Å²) in [7, 11) is 0. The van der Waals surface area contributed by atoms with Crippen LogP contribution in [0.2, 0.25) is 0 Å². The van der Waals surface area contributed by atoms with Gasteiger partial charge in [-0.1, -0.05) is 6.08 Å². The highest BCUT2D eigenvalue weighted by Crippen LogP contribution is 2.20. The van der Waals surface area contributed by atoms with Gasteiger partial charge in [0.1, 0.15) is 0 Å². The van der Waals surface area contributed by atoms with Crippen LogP contribution in [0, 0.1) is 5.92 Å². The molecule has 1 N–H and O–H groups in total. The SMILES string of the molecule is C=CC1CC(=O)N(C[C@H]2CCC(=O)N2)C1. The molecule has 0 bridgehead atoms. The zero-order valence-electron chi connectivity index (χ0n) is 8.74. The van der Waals surface area contributed by atoms with E-state index in [1.165, 1.54) is 0 Å². The van der Waals surface area contributed by atoms with Gasteiger partial charge in [-0.15, -0.1) is 6.58 Å². The van der Waals surface area contributed by atoms with Crippen molar-refractivity contribution in [3.8, 4) is 0 Å². The van der Waals surface area contributed by atoms with Crippen molar-refractivity contribution in [1.82, 2.24) is 10.2 Å². The Bertz CT molecular complexity index is 301. The number of nitrogens with one attached hydrogen (secondary N) is 1. The van der Waals surface area contributed by atoms with Crippen LogP contribution in [0.1, 0.15) is 19.3 Å². The van der Waals surface area contributed by atoms with Crippen molar-refractivity contribution >= 4 is 11.8 Å². The third-order valence-corrected chi connectivity index (χ3v) is 3.10. The molecule has 0 aromatic carbocycles. The van der Waals surface area contributed by atoms with Crippen LogP contribution in [-0.2, 0) is 9.59 Å². The summed E-state index contributed by atoms with van der Waals surface area (Å²) >= 11 is 0. The lowest BCUT2D eigenvalue weighted by Crippen LogP contribution is -2.39. The van der Waals surface area contributed by atoms with E-state index < -0.39 is 0 Å². The molecule has 0 spiro atoms. The quantitative estimate of drug-likeness (QED) is 0.678. The first-order chi connectivity index (χ1) is 7.19. The van der Waals surface area contributed by atoms with E-state index in [1.807, 2.05) is 11.0 Å². The molecule has 2 atom stereocenters. The van der Waals surface area contributed by atoms with E-state index in [4.69, 9.17) is 0 Å². The van der Waals surface area contributed by atoms with Crippen molar-refractivity contribution in [3.63, 3.8) is 0 Å². The van der Waals surface area contributed by atoms with E-state index in [0.29, 0.717) is 19.4 Å². The molecule has 2 aliphatic heterocycles. The highest BCUT2D eigenvalue weighted by molar-refractivity contribution is 5.80. The van der Waals surface area contributed by atoms with Crippen LogP contribution < -0.4 is 5.32 Å². The van der Waals surface area contributed by atoms with Gasteiger partial charge in [0.25, 0.3) is 0 Å². The molecule has 4 nitrogen and oxygen atoms in total. The van der Waals surface area contributed by atoms with Gasteiger partial charge < -0.3 is 10.2 Å². The van der Waals surface area contributed by atoms with E-state index >= 15 is 0 Å². The standard InChI is InChI=1S/C11H16N2O2/c1-2-8-5-11(15)13(6-8)7-9-3-4-10(14)12-9/h2,8-9H,1,3-7H2,(H,12,14)/t8?,9-/m1/s1. The molecule has 4 heteroatoms. The van der Waals surface area contributed by atoms with E-state index in [1.54, 1.807) is 0 Å². The topological polar surface area (TPSA) is 49.4 Å². The minimum absolute atomic E-state index is 0.104. The minimum Gasteiger partial charge on any atom is -0.352 e. The van der Waals surface area contributed by atoms with Gasteiger partial charge in [-0.3, -0.25) is 9.59 Å². The number of rotatable bonds is 3. The molecule has 2 fully saturated rings. The van der Waals surface area contributed by atoms with Gasteiger partial charge in [-0.05, 0) is 6.42 Å². The maximum atomic E-state index is 11.6. The van der Waals surface area contributed by atoms with Crippen molar-refractivity contribution in [2.24, 2.45) is 5.92 Å². The Kier molecular flexibility index (Phi) is 2.75. The maximum absolute atomic E-state index is 11.6. The zero-order valence-corrected chi connectivity index (χ0v) is 8.74. The van der Waals surface area contributed by atoms with Crippen LogP contribution >= 0.6 is 0 Å². The molecule has 1 unspecified atom stereocenters. The Morgan fingerprint density at radius 2 is 2.33 bits per heavy atom. The molecule has 15 heavy (non-hydrogen) atoms. The van der Waals surface area contributed by atoms with Gasteiger partial charge >= 0.3 is 0 Å². The Balaban J connectivity index is 1.87.